The van der Waals surface area contributed by atoms with Gasteiger partial charge in [-0.05, 0) is 86.3 Å². The molecule has 0 aliphatic carbocycles. The maximum atomic E-state index is 12.6. The van der Waals surface area contributed by atoms with Crippen molar-refractivity contribution >= 4 is 11.9 Å². The number of pyridine rings is 1. The number of unbranched alkanes of at least 4 members (excludes halogenated alkanes) is 6. The molecule has 1 aromatic heterocycles. The monoisotopic (exact) mass is 543 g/mol. The second-order valence-corrected chi connectivity index (χ2v) is 9.98. The molecular weight excluding hydrogens is 502 g/mol. The van der Waals surface area contributed by atoms with Gasteiger partial charge in [0, 0.05) is 17.3 Å². The van der Waals surface area contributed by atoms with Gasteiger partial charge in [0.25, 0.3) is 0 Å². The number of ether oxygens (including phenoxy) is 3. The lowest BCUT2D eigenvalue weighted by atomic mass is 10.1. The van der Waals surface area contributed by atoms with Crippen LogP contribution in [-0.2, 0) is 16.0 Å². The third-order valence-electron chi connectivity index (χ3n) is 6.45. The highest BCUT2D eigenvalue weighted by Gasteiger charge is 2.10. The first-order chi connectivity index (χ1) is 19.5. The molecule has 0 bridgehead atoms. The molecule has 0 atom stereocenters. The average molecular weight is 544 g/mol. The lowest BCUT2D eigenvalue weighted by Crippen LogP contribution is -2.08. The van der Waals surface area contributed by atoms with E-state index < -0.39 is 5.97 Å². The molecule has 40 heavy (non-hydrogen) atoms. The Morgan fingerprint density at radius 1 is 0.775 bits per heavy atom. The number of carbonyl (C=O) groups is 2. The number of aromatic nitrogens is 1. The van der Waals surface area contributed by atoms with Crippen LogP contribution >= 0.6 is 0 Å². The van der Waals surface area contributed by atoms with Crippen LogP contribution in [-0.4, -0.2) is 30.1 Å². The summed E-state index contributed by atoms with van der Waals surface area (Å²) in [6.45, 7) is 8.49. The van der Waals surface area contributed by atoms with Crippen LogP contribution in [0.2, 0.25) is 0 Å². The lowest BCUT2D eigenvalue weighted by Gasteiger charge is -2.08. The number of hydrogen-bond donors (Lipinski definition) is 0. The van der Waals surface area contributed by atoms with E-state index in [4.69, 9.17) is 14.2 Å². The fraction of sp³-hybridized carbons (Fsp3) is 0.382. The Morgan fingerprint density at radius 3 is 2.00 bits per heavy atom. The summed E-state index contributed by atoms with van der Waals surface area (Å²) in [7, 11) is 0. The maximum Gasteiger partial charge on any atom is 0.343 e. The van der Waals surface area contributed by atoms with Crippen molar-refractivity contribution in [3.05, 3.63) is 90.1 Å². The van der Waals surface area contributed by atoms with Crippen molar-refractivity contribution in [3.63, 3.8) is 0 Å². The van der Waals surface area contributed by atoms with E-state index in [1.165, 1.54) is 5.56 Å². The van der Waals surface area contributed by atoms with Crippen LogP contribution < -0.4 is 9.47 Å². The molecule has 0 N–H and O–H groups in total. The van der Waals surface area contributed by atoms with Crippen molar-refractivity contribution in [2.75, 3.05) is 13.2 Å². The predicted octanol–water partition coefficient (Wildman–Crippen LogP) is 8.15. The van der Waals surface area contributed by atoms with Crippen molar-refractivity contribution in [2.24, 2.45) is 0 Å². The summed E-state index contributed by atoms with van der Waals surface area (Å²) in [5.41, 5.74) is 4.01. The minimum absolute atomic E-state index is 0.307. The molecule has 2 aromatic carbocycles. The highest BCUT2D eigenvalue weighted by Crippen LogP contribution is 2.22. The summed E-state index contributed by atoms with van der Waals surface area (Å²) in [5.74, 6) is 0.513. The number of hydrogen-bond acceptors (Lipinski definition) is 6. The van der Waals surface area contributed by atoms with E-state index in [2.05, 4.69) is 24.6 Å². The fourth-order valence-electron chi connectivity index (χ4n) is 4.14. The van der Waals surface area contributed by atoms with Gasteiger partial charge in [0.05, 0.1) is 24.5 Å². The normalized spacial score (nSPS) is 10.7. The molecule has 0 amide bonds. The smallest absolute Gasteiger partial charge is 0.343 e. The third kappa shape index (κ3) is 10.7. The summed E-state index contributed by atoms with van der Waals surface area (Å²) in [6.07, 6.45) is 11.5. The fourth-order valence-corrected chi connectivity index (χ4v) is 4.14. The zero-order chi connectivity index (χ0) is 28.6. The molecule has 6 nitrogen and oxygen atoms in total. The number of aryl methyl sites for hydroxylation is 1. The minimum atomic E-state index is -0.407. The first-order valence-corrected chi connectivity index (χ1v) is 14.3. The lowest BCUT2D eigenvalue weighted by molar-refractivity contribution is -0.139. The number of benzene rings is 2. The summed E-state index contributed by atoms with van der Waals surface area (Å²) in [4.78, 5) is 28.4. The van der Waals surface area contributed by atoms with Crippen molar-refractivity contribution in [1.82, 2.24) is 4.98 Å². The standard InChI is InChI=1S/C34H41NO5/c1-4-12-27-13-22-32(35-25-27)28-14-20-31(21-15-28)40-34(37)29-16-18-30(19-17-29)38-23-10-8-6-5-7-9-11-24-39-33(36)26(2)3/h13-22,25H,2,4-12,23-24H2,1,3H3. The van der Waals surface area contributed by atoms with Crippen LogP contribution in [0.25, 0.3) is 11.3 Å². The molecule has 0 spiro atoms. The van der Waals surface area contributed by atoms with Crippen LogP contribution in [0.1, 0.15) is 81.1 Å². The van der Waals surface area contributed by atoms with Crippen molar-refractivity contribution < 1.29 is 23.8 Å². The van der Waals surface area contributed by atoms with E-state index in [0.29, 0.717) is 30.1 Å². The van der Waals surface area contributed by atoms with Gasteiger partial charge in [-0.15, -0.1) is 0 Å². The van der Waals surface area contributed by atoms with E-state index in [1.54, 1.807) is 43.3 Å². The highest BCUT2D eigenvalue weighted by molar-refractivity contribution is 5.91. The van der Waals surface area contributed by atoms with Gasteiger partial charge in [-0.3, -0.25) is 4.98 Å². The Kier molecular flexibility index (Phi) is 12.9. The number of rotatable bonds is 17. The molecule has 0 unspecified atom stereocenters. The van der Waals surface area contributed by atoms with E-state index >= 15 is 0 Å². The van der Waals surface area contributed by atoms with Gasteiger partial charge in [-0.1, -0.05) is 58.1 Å². The first-order valence-electron chi connectivity index (χ1n) is 14.3. The van der Waals surface area contributed by atoms with Crippen LogP contribution in [0.5, 0.6) is 11.5 Å². The van der Waals surface area contributed by atoms with Gasteiger partial charge in [-0.25, -0.2) is 9.59 Å². The topological polar surface area (TPSA) is 74.7 Å². The summed E-state index contributed by atoms with van der Waals surface area (Å²) >= 11 is 0. The summed E-state index contributed by atoms with van der Waals surface area (Å²) in [5, 5.41) is 0. The Balaban J connectivity index is 1.29. The van der Waals surface area contributed by atoms with E-state index in [-0.39, 0.29) is 5.97 Å². The minimum Gasteiger partial charge on any atom is -0.494 e. The van der Waals surface area contributed by atoms with E-state index in [9.17, 15) is 9.59 Å². The van der Waals surface area contributed by atoms with Crippen molar-refractivity contribution in [2.45, 2.75) is 71.6 Å². The molecule has 0 saturated carbocycles. The summed E-state index contributed by atoms with van der Waals surface area (Å²) < 4.78 is 16.5. The van der Waals surface area contributed by atoms with Crippen molar-refractivity contribution in [3.8, 4) is 22.8 Å². The van der Waals surface area contributed by atoms with Gasteiger partial charge in [0.1, 0.15) is 11.5 Å². The van der Waals surface area contributed by atoms with E-state index in [1.807, 2.05) is 24.4 Å². The van der Waals surface area contributed by atoms with Crippen molar-refractivity contribution in [1.29, 1.82) is 0 Å². The second-order valence-electron chi connectivity index (χ2n) is 9.98. The molecule has 0 radical (unpaired) electrons. The molecule has 3 rings (SSSR count). The zero-order valence-electron chi connectivity index (χ0n) is 23.8. The predicted molar refractivity (Wildman–Crippen MR) is 159 cm³/mol. The zero-order valence-corrected chi connectivity index (χ0v) is 23.8. The molecule has 0 fully saturated rings. The number of esters is 2. The second kappa shape index (κ2) is 16.9. The van der Waals surface area contributed by atoms with Crippen LogP contribution in [0.4, 0.5) is 0 Å². The molecule has 6 heteroatoms. The van der Waals surface area contributed by atoms with Gasteiger partial charge < -0.3 is 14.2 Å². The molecule has 0 aliphatic heterocycles. The Morgan fingerprint density at radius 2 is 1.40 bits per heavy atom. The Labute approximate surface area is 238 Å². The van der Waals surface area contributed by atoms with Gasteiger partial charge in [0.15, 0.2) is 0 Å². The number of nitrogens with zero attached hydrogens (tertiary/aromatic N) is 1. The third-order valence-corrected chi connectivity index (χ3v) is 6.45. The molecule has 212 valence electrons. The first kappa shape index (κ1) is 30.6. The quantitative estimate of drug-likeness (QED) is 0.0740. The highest BCUT2D eigenvalue weighted by atomic mass is 16.5. The average Bonchev–Trinajstić information content (AvgIpc) is 2.97. The molecular formula is C34H41NO5. The Hall–Kier alpha value is -3.93. The SMILES string of the molecule is C=C(C)C(=O)OCCCCCCCCCOc1ccc(C(=O)Oc2ccc(-c3ccc(CCC)cn3)cc2)cc1. The molecule has 0 saturated heterocycles. The van der Waals surface area contributed by atoms with Gasteiger partial charge >= 0.3 is 11.9 Å². The molecule has 1 heterocycles. The maximum absolute atomic E-state index is 12.6. The van der Waals surface area contributed by atoms with Crippen LogP contribution in [0.3, 0.4) is 0 Å². The van der Waals surface area contributed by atoms with Gasteiger partial charge in [0.2, 0.25) is 0 Å². The summed E-state index contributed by atoms with van der Waals surface area (Å²) in [6, 6.07) is 18.6. The molecule has 0 aliphatic rings. The van der Waals surface area contributed by atoms with E-state index in [0.717, 1.165) is 74.8 Å². The van der Waals surface area contributed by atoms with Gasteiger partial charge in [-0.2, -0.15) is 0 Å². The number of carbonyl (C=O) groups excluding carboxylic acids is 2. The largest absolute Gasteiger partial charge is 0.494 e. The molecule has 3 aromatic rings. The van der Waals surface area contributed by atoms with Crippen LogP contribution in [0, 0.1) is 0 Å². The Bertz CT molecular complexity index is 1200. The van der Waals surface area contributed by atoms with Crippen LogP contribution in [0.15, 0.2) is 79.0 Å².